The molecule has 0 unspecified atom stereocenters. The maximum absolute atomic E-state index is 11.9. The van der Waals surface area contributed by atoms with Gasteiger partial charge in [-0.1, -0.05) is 0 Å². The van der Waals surface area contributed by atoms with Gasteiger partial charge in [0, 0.05) is 32.7 Å². The van der Waals surface area contributed by atoms with E-state index in [0.29, 0.717) is 45.9 Å². The van der Waals surface area contributed by atoms with Crippen molar-refractivity contribution in [2.75, 3.05) is 45.9 Å². The van der Waals surface area contributed by atoms with E-state index >= 15 is 0 Å². The fourth-order valence-corrected chi connectivity index (χ4v) is 1.50. The summed E-state index contributed by atoms with van der Waals surface area (Å²) in [5, 5.41) is 0. The van der Waals surface area contributed by atoms with Gasteiger partial charge in [-0.15, -0.1) is 0 Å². The van der Waals surface area contributed by atoms with E-state index in [4.69, 9.17) is 10.5 Å². The molecule has 0 aliphatic carbocycles. The van der Waals surface area contributed by atoms with Gasteiger partial charge in [0.15, 0.2) is 0 Å². The maximum Gasteiger partial charge on any atom is 0.320 e. The first kappa shape index (κ1) is 11.3. The Morgan fingerprint density at radius 1 is 1.50 bits per heavy atom. The summed E-state index contributed by atoms with van der Waals surface area (Å²) < 4.78 is 5.19. The smallest absolute Gasteiger partial charge is 0.320 e. The summed E-state index contributed by atoms with van der Waals surface area (Å²) in [7, 11) is 0. The zero-order chi connectivity index (χ0) is 10.4. The molecule has 1 saturated heterocycles. The molecule has 1 aliphatic heterocycles. The minimum absolute atomic E-state index is 0.0845. The number of carbonyl (C=O) groups is 1. The third-order valence-corrected chi connectivity index (χ3v) is 2.33. The van der Waals surface area contributed by atoms with E-state index in [1.807, 2.05) is 11.8 Å². The molecule has 0 radical (unpaired) electrons. The highest BCUT2D eigenvalue weighted by atomic mass is 16.5. The Kier molecular flexibility index (Phi) is 4.69. The van der Waals surface area contributed by atoms with Crippen molar-refractivity contribution in [2.24, 2.45) is 5.73 Å². The first-order valence-electron chi connectivity index (χ1n) is 5.11. The molecule has 0 aromatic heterocycles. The van der Waals surface area contributed by atoms with E-state index < -0.39 is 0 Å². The number of hydrogen-bond donors (Lipinski definition) is 1. The topological polar surface area (TPSA) is 58.8 Å². The summed E-state index contributed by atoms with van der Waals surface area (Å²) in [6.45, 7) is 6.51. The molecule has 14 heavy (non-hydrogen) atoms. The third kappa shape index (κ3) is 2.85. The van der Waals surface area contributed by atoms with Crippen LogP contribution in [0.5, 0.6) is 0 Å². The summed E-state index contributed by atoms with van der Waals surface area (Å²) >= 11 is 0. The molecule has 5 heteroatoms. The zero-order valence-electron chi connectivity index (χ0n) is 8.74. The first-order chi connectivity index (χ1) is 6.79. The van der Waals surface area contributed by atoms with E-state index in [1.165, 1.54) is 0 Å². The minimum atomic E-state index is 0.0845. The number of urea groups is 1. The highest BCUT2D eigenvalue weighted by Gasteiger charge is 2.20. The fraction of sp³-hybridized carbons (Fsp3) is 0.889. The Bertz CT molecular complexity index is 174. The number of morpholine rings is 1. The molecule has 2 amide bonds. The highest BCUT2D eigenvalue weighted by molar-refractivity contribution is 5.74. The summed E-state index contributed by atoms with van der Waals surface area (Å²) in [4.78, 5) is 15.5. The molecule has 1 rings (SSSR count). The number of ether oxygens (including phenoxy) is 1. The normalized spacial score (nSPS) is 16.9. The molecule has 0 atom stereocenters. The number of rotatable bonds is 3. The van der Waals surface area contributed by atoms with Crippen molar-refractivity contribution in [3.05, 3.63) is 0 Å². The molecule has 5 nitrogen and oxygen atoms in total. The fourth-order valence-electron chi connectivity index (χ4n) is 1.50. The average Bonchev–Trinajstić information content (AvgIpc) is 2.26. The molecular weight excluding hydrogens is 182 g/mol. The van der Waals surface area contributed by atoms with Crippen LogP contribution < -0.4 is 5.73 Å². The van der Waals surface area contributed by atoms with Crippen molar-refractivity contribution in [3.63, 3.8) is 0 Å². The van der Waals surface area contributed by atoms with E-state index in [2.05, 4.69) is 0 Å². The molecule has 0 saturated carbocycles. The number of nitrogens with two attached hydrogens (primary N) is 1. The predicted octanol–water partition coefficient (Wildman–Crippen LogP) is -0.281. The van der Waals surface area contributed by atoms with Crippen molar-refractivity contribution in [1.82, 2.24) is 9.80 Å². The van der Waals surface area contributed by atoms with Crippen LogP contribution >= 0.6 is 0 Å². The Balaban J connectivity index is 2.43. The van der Waals surface area contributed by atoms with E-state index in [0.717, 1.165) is 0 Å². The van der Waals surface area contributed by atoms with Crippen LogP contribution in [0, 0.1) is 0 Å². The van der Waals surface area contributed by atoms with Crippen LogP contribution in [-0.2, 0) is 4.74 Å². The quantitative estimate of drug-likeness (QED) is 0.683. The lowest BCUT2D eigenvalue weighted by Gasteiger charge is -2.32. The van der Waals surface area contributed by atoms with Crippen LogP contribution in [0.25, 0.3) is 0 Å². The van der Waals surface area contributed by atoms with Gasteiger partial charge in [0.05, 0.1) is 13.2 Å². The lowest BCUT2D eigenvalue weighted by Crippen LogP contribution is -2.49. The van der Waals surface area contributed by atoms with Gasteiger partial charge in [-0.25, -0.2) is 4.79 Å². The van der Waals surface area contributed by atoms with Gasteiger partial charge in [-0.05, 0) is 6.92 Å². The van der Waals surface area contributed by atoms with Crippen LogP contribution in [0.15, 0.2) is 0 Å². The molecular formula is C9H19N3O2. The molecule has 1 fully saturated rings. The van der Waals surface area contributed by atoms with Gasteiger partial charge < -0.3 is 20.3 Å². The summed E-state index contributed by atoms with van der Waals surface area (Å²) in [6, 6.07) is 0.0845. The first-order valence-corrected chi connectivity index (χ1v) is 5.11. The van der Waals surface area contributed by atoms with Gasteiger partial charge in [-0.3, -0.25) is 0 Å². The van der Waals surface area contributed by atoms with Crippen molar-refractivity contribution in [2.45, 2.75) is 6.92 Å². The predicted molar refractivity (Wildman–Crippen MR) is 54.1 cm³/mol. The van der Waals surface area contributed by atoms with Gasteiger partial charge in [-0.2, -0.15) is 0 Å². The molecule has 82 valence electrons. The second-order valence-corrected chi connectivity index (χ2v) is 3.25. The summed E-state index contributed by atoms with van der Waals surface area (Å²) in [5.74, 6) is 0. The minimum Gasteiger partial charge on any atom is -0.378 e. The van der Waals surface area contributed by atoms with Crippen LogP contribution in [0.3, 0.4) is 0 Å². The second kappa shape index (κ2) is 5.82. The van der Waals surface area contributed by atoms with Crippen molar-refractivity contribution >= 4 is 6.03 Å². The largest absolute Gasteiger partial charge is 0.378 e. The number of nitrogens with zero attached hydrogens (tertiary/aromatic N) is 2. The molecule has 0 bridgehead atoms. The van der Waals surface area contributed by atoms with Crippen molar-refractivity contribution in [3.8, 4) is 0 Å². The van der Waals surface area contributed by atoms with E-state index in [9.17, 15) is 4.79 Å². The molecule has 0 aromatic carbocycles. The lowest BCUT2D eigenvalue weighted by molar-refractivity contribution is 0.0439. The Morgan fingerprint density at radius 2 is 2.14 bits per heavy atom. The SMILES string of the molecule is CCN(CCN)C(=O)N1CCOCC1. The Morgan fingerprint density at radius 3 is 2.64 bits per heavy atom. The van der Waals surface area contributed by atoms with Crippen LogP contribution in [0.1, 0.15) is 6.92 Å². The van der Waals surface area contributed by atoms with Crippen molar-refractivity contribution < 1.29 is 9.53 Å². The van der Waals surface area contributed by atoms with Gasteiger partial charge in [0.1, 0.15) is 0 Å². The number of hydrogen-bond acceptors (Lipinski definition) is 3. The molecule has 0 aromatic rings. The summed E-state index contributed by atoms with van der Waals surface area (Å²) in [6.07, 6.45) is 0. The molecule has 1 heterocycles. The highest BCUT2D eigenvalue weighted by Crippen LogP contribution is 2.02. The monoisotopic (exact) mass is 201 g/mol. The van der Waals surface area contributed by atoms with Gasteiger partial charge in [0.2, 0.25) is 0 Å². The van der Waals surface area contributed by atoms with Crippen molar-refractivity contribution in [1.29, 1.82) is 0 Å². The van der Waals surface area contributed by atoms with Crippen LogP contribution in [-0.4, -0.2) is 61.8 Å². The van der Waals surface area contributed by atoms with Crippen LogP contribution in [0.4, 0.5) is 4.79 Å². The average molecular weight is 201 g/mol. The molecule has 1 aliphatic rings. The Labute approximate surface area is 84.8 Å². The van der Waals surface area contributed by atoms with Crippen LogP contribution in [0.2, 0.25) is 0 Å². The summed E-state index contributed by atoms with van der Waals surface area (Å²) in [5.41, 5.74) is 5.44. The molecule has 2 N–H and O–H groups in total. The Hall–Kier alpha value is -0.810. The maximum atomic E-state index is 11.9. The third-order valence-electron chi connectivity index (χ3n) is 2.33. The van der Waals surface area contributed by atoms with E-state index in [1.54, 1.807) is 4.90 Å². The number of likely N-dealkylation sites (N-methyl/N-ethyl adjacent to an activating group) is 1. The standard InChI is InChI=1S/C9H19N3O2/c1-2-11(4-3-10)9(13)12-5-7-14-8-6-12/h2-8,10H2,1H3. The van der Waals surface area contributed by atoms with Gasteiger partial charge >= 0.3 is 6.03 Å². The van der Waals surface area contributed by atoms with Gasteiger partial charge in [0.25, 0.3) is 0 Å². The number of carbonyl (C=O) groups excluding carboxylic acids is 1. The van der Waals surface area contributed by atoms with E-state index in [-0.39, 0.29) is 6.03 Å². The lowest BCUT2D eigenvalue weighted by atomic mass is 10.4. The second-order valence-electron chi connectivity index (χ2n) is 3.25. The zero-order valence-corrected chi connectivity index (χ0v) is 8.74. The number of amides is 2. The molecule has 0 spiro atoms.